The minimum atomic E-state index is 0.515. The van der Waals surface area contributed by atoms with E-state index in [1.165, 1.54) is 45.1 Å². The third-order valence-electron chi connectivity index (χ3n) is 3.35. The zero-order valence-corrected chi connectivity index (χ0v) is 8.43. The number of hydrogen-bond donors (Lipinski definition) is 1. The maximum atomic E-state index is 5.54. The summed E-state index contributed by atoms with van der Waals surface area (Å²) >= 11 is 0. The van der Waals surface area contributed by atoms with E-state index in [-0.39, 0.29) is 0 Å². The van der Waals surface area contributed by atoms with Crippen molar-refractivity contribution in [1.29, 1.82) is 0 Å². The Kier molecular flexibility index (Phi) is 3.62. The molecule has 2 rings (SSSR count). The average molecular weight is 183 g/mol. The molecule has 0 aromatic carbocycles. The molecule has 0 amide bonds. The van der Waals surface area contributed by atoms with Crippen LogP contribution in [0.4, 0.5) is 0 Å². The lowest BCUT2D eigenvalue weighted by Crippen LogP contribution is -2.29. The van der Waals surface area contributed by atoms with Gasteiger partial charge < -0.3 is 10.1 Å². The molecule has 0 radical (unpaired) electrons. The molecular formula is C11H21NO. The first-order chi connectivity index (χ1) is 6.45. The molecule has 1 saturated carbocycles. The molecule has 0 aromatic rings. The van der Waals surface area contributed by atoms with Gasteiger partial charge in [-0.3, -0.25) is 0 Å². The molecule has 2 heteroatoms. The van der Waals surface area contributed by atoms with Gasteiger partial charge >= 0.3 is 0 Å². The van der Waals surface area contributed by atoms with Crippen LogP contribution in [0.5, 0.6) is 0 Å². The lowest BCUT2D eigenvalue weighted by Gasteiger charge is -2.25. The van der Waals surface area contributed by atoms with E-state index in [9.17, 15) is 0 Å². The first kappa shape index (κ1) is 9.47. The Bertz CT molecular complexity index is 139. The van der Waals surface area contributed by atoms with Crippen molar-refractivity contribution in [2.24, 2.45) is 5.92 Å². The quantitative estimate of drug-likeness (QED) is 0.658. The fourth-order valence-electron chi connectivity index (χ4n) is 2.16. The van der Waals surface area contributed by atoms with Crippen LogP contribution in [0.15, 0.2) is 0 Å². The Morgan fingerprint density at radius 2 is 2.08 bits per heavy atom. The van der Waals surface area contributed by atoms with Crippen molar-refractivity contribution in [2.45, 2.75) is 44.6 Å². The van der Waals surface area contributed by atoms with Gasteiger partial charge in [0.25, 0.3) is 0 Å². The molecule has 1 aliphatic heterocycles. The van der Waals surface area contributed by atoms with Gasteiger partial charge in [-0.25, -0.2) is 0 Å². The molecule has 1 N–H and O–H groups in total. The van der Waals surface area contributed by atoms with Crippen LogP contribution in [0.2, 0.25) is 0 Å². The summed E-state index contributed by atoms with van der Waals surface area (Å²) in [5.74, 6) is 1.04. The summed E-state index contributed by atoms with van der Waals surface area (Å²) in [7, 11) is 0. The van der Waals surface area contributed by atoms with Crippen LogP contribution >= 0.6 is 0 Å². The Balaban J connectivity index is 1.43. The largest absolute Gasteiger partial charge is 0.377 e. The molecule has 1 atom stereocenters. The number of rotatable bonds is 5. The Hall–Kier alpha value is -0.0800. The van der Waals surface area contributed by atoms with Crippen LogP contribution < -0.4 is 5.32 Å². The summed E-state index contributed by atoms with van der Waals surface area (Å²) < 4.78 is 5.54. The molecule has 76 valence electrons. The summed E-state index contributed by atoms with van der Waals surface area (Å²) in [6.45, 7) is 3.26. The second-order valence-electron chi connectivity index (χ2n) is 4.42. The average Bonchev–Trinajstić information content (AvgIpc) is 2.53. The van der Waals surface area contributed by atoms with Crippen molar-refractivity contribution in [3.05, 3.63) is 0 Å². The second kappa shape index (κ2) is 4.97. The van der Waals surface area contributed by atoms with Crippen LogP contribution in [-0.2, 0) is 4.74 Å². The van der Waals surface area contributed by atoms with Crippen molar-refractivity contribution in [1.82, 2.24) is 5.32 Å². The minimum Gasteiger partial charge on any atom is -0.377 e. The summed E-state index contributed by atoms with van der Waals surface area (Å²) in [4.78, 5) is 0. The van der Waals surface area contributed by atoms with Crippen molar-refractivity contribution >= 4 is 0 Å². The monoisotopic (exact) mass is 183 g/mol. The maximum absolute atomic E-state index is 5.54. The highest BCUT2D eigenvalue weighted by atomic mass is 16.5. The van der Waals surface area contributed by atoms with Crippen LogP contribution in [0.3, 0.4) is 0 Å². The van der Waals surface area contributed by atoms with Crippen molar-refractivity contribution in [2.75, 3.05) is 19.7 Å². The van der Waals surface area contributed by atoms with Gasteiger partial charge in [0.15, 0.2) is 0 Å². The van der Waals surface area contributed by atoms with Gasteiger partial charge in [0.1, 0.15) is 0 Å². The molecule has 2 fully saturated rings. The van der Waals surface area contributed by atoms with Crippen molar-refractivity contribution in [3.8, 4) is 0 Å². The summed E-state index contributed by atoms with van der Waals surface area (Å²) in [5, 5.41) is 3.50. The Labute approximate surface area is 81.0 Å². The van der Waals surface area contributed by atoms with E-state index in [0.29, 0.717) is 6.10 Å². The van der Waals surface area contributed by atoms with Crippen LogP contribution in [0.1, 0.15) is 38.5 Å². The van der Waals surface area contributed by atoms with Gasteiger partial charge in [-0.15, -0.1) is 0 Å². The number of ether oxygens (including phenoxy) is 1. The van der Waals surface area contributed by atoms with E-state index < -0.39 is 0 Å². The van der Waals surface area contributed by atoms with E-state index in [4.69, 9.17) is 4.74 Å². The minimum absolute atomic E-state index is 0.515. The topological polar surface area (TPSA) is 21.3 Å². The van der Waals surface area contributed by atoms with Gasteiger partial charge in [0.05, 0.1) is 6.10 Å². The van der Waals surface area contributed by atoms with Crippen molar-refractivity contribution in [3.63, 3.8) is 0 Å². The van der Waals surface area contributed by atoms with Gasteiger partial charge in [0, 0.05) is 13.2 Å². The maximum Gasteiger partial charge on any atom is 0.0700 e. The number of hydrogen-bond acceptors (Lipinski definition) is 2. The Morgan fingerprint density at radius 1 is 1.15 bits per heavy atom. The molecule has 0 spiro atoms. The van der Waals surface area contributed by atoms with Crippen LogP contribution in [-0.4, -0.2) is 25.8 Å². The van der Waals surface area contributed by atoms with Gasteiger partial charge in [-0.2, -0.15) is 0 Å². The lowest BCUT2D eigenvalue weighted by atomic mass is 9.83. The number of nitrogens with one attached hydrogen (secondary N) is 1. The first-order valence-corrected chi connectivity index (χ1v) is 5.77. The summed E-state index contributed by atoms with van der Waals surface area (Å²) in [5.41, 5.74) is 0. The molecule has 2 nitrogen and oxygen atoms in total. The highest BCUT2D eigenvalue weighted by molar-refractivity contribution is 4.72. The van der Waals surface area contributed by atoms with E-state index in [1.807, 2.05) is 0 Å². The smallest absolute Gasteiger partial charge is 0.0700 e. The predicted octanol–water partition coefficient (Wildman–Crippen LogP) is 1.95. The lowest BCUT2D eigenvalue weighted by molar-refractivity contribution is 0.109. The summed E-state index contributed by atoms with van der Waals surface area (Å²) in [6, 6.07) is 0. The molecule has 1 aliphatic carbocycles. The molecule has 2 aliphatic rings. The van der Waals surface area contributed by atoms with E-state index in [1.54, 1.807) is 0 Å². The fraction of sp³-hybridized carbons (Fsp3) is 1.00. The second-order valence-corrected chi connectivity index (χ2v) is 4.42. The fourth-order valence-corrected chi connectivity index (χ4v) is 2.16. The SMILES string of the molecule is C1CC(CCNCC2CCCO2)C1. The molecular weight excluding hydrogens is 162 g/mol. The summed E-state index contributed by atoms with van der Waals surface area (Å²) in [6.07, 6.45) is 8.83. The molecule has 1 saturated heterocycles. The molecule has 0 bridgehead atoms. The van der Waals surface area contributed by atoms with Crippen LogP contribution in [0, 0.1) is 5.92 Å². The zero-order valence-electron chi connectivity index (χ0n) is 8.43. The third-order valence-corrected chi connectivity index (χ3v) is 3.35. The standard InChI is InChI=1S/C11H21NO/c1-3-10(4-1)6-7-12-9-11-5-2-8-13-11/h10-12H,1-9H2. The van der Waals surface area contributed by atoms with E-state index in [2.05, 4.69) is 5.32 Å². The normalized spacial score (nSPS) is 29.1. The zero-order chi connectivity index (χ0) is 8.93. The third kappa shape index (κ3) is 2.96. The van der Waals surface area contributed by atoms with Gasteiger partial charge in [0.2, 0.25) is 0 Å². The first-order valence-electron chi connectivity index (χ1n) is 5.77. The van der Waals surface area contributed by atoms with Gasteiger partial charge in [-0.05, 0) is 31.7 Å². The van der Waals surface area contributed by atoms with E-state index in [0.717, 1.165) is 19.1 Å². The molecule has 1 unspecified atom stereocenters. The Morgan fingerprint density at radius 3 is 2.69 bits per heavy atom. The highest BCUT2D eigenvalue weighted by Gasteiger charge is 2.17. The highest BCUT2D eigenvalue weighted by Crippen LogP contribution is 2.28. The molecule has 1 heterocycles. The molecule has 13 heavy (non-hydrogen) atoms. The van der Waals surface area contributed by atoms with Crippen LogP contribution in [0.25, 0.3) is 0 Å². The van der Waals surface area contributed by atoms with Gasteiger partial charge in [-0.1, -0.05) is 19.3 Å². The molecule has 0 aromatic heterocycles. The predicted molar refractivity (Wildman–Crippen MR) is 53.8 cm³/mol. The van der Waals surface area contributed by atoms with E-state index >= 15 is 0 Å². The van der Waals surface area contributed by atoms with Crippen molar-refractivity contribution < 1.29 is 4.74 Å².